The zero-order valence-corrected chi connectivity index (χ0v) is 19.4. The maximum atomic E-state index is 12.6. The van der Waals surface area contributed by atoms with Gasteiger partial charge in [0.1, 0.15) is 0 Å². The standard InChI is InChI=1S/C21H36N6O2S/c1-6-9-26(10-7-2)19(28)17-30-21-23-22-20(18(8-3)24(4)5)27(21)12-11-25-13-15-29-16-14-25/h6-7,18H,1-2,8-17H2,3-5H3. The summed E-state index contributed by atoms with van der Waals surface area (Å²) in [4.78, 5) is 18.9. The number of carbonyl (C=O) groups excluding carboxylic acids is 1. The first-order valence-corrected chi connectivity index (χ1v) is 11.5. The number of hydrogen-bond donors (Lipinski definition) is 0. The van der Waals surface area contributed by atoms with Crippen LogP contribution in [-0.2, 0) is 16.1 Å². The lowest BCUT2D eigenvalue weighted by atomic mass is 10.2. The first kappa shape index (κ1) is 24.6. The first-order valence-electron chi connectivity index (χ1n) is 10.5. The summed E-state index contributed by atoms with van der Waals surface area (Å²) in [5.41, 5.74) is 0. The fourth-order valence-corrected chi connectivity index (χ4v) is 4.39. The molecule has 1 unspecified atom stereocenters. The van der Waals surface area contributed by atoms with E-state index >= 15 is 0 Å². The number of ether oxygens (including phenoxy) is 1. The summed E-state index contributed by atoms with van der Waals surface area (Å²) in [6.07, 6.45) is 4.41. The highest BCUT2D eigenvalue weighted by Gasteiger charge is 2.23. The zero-order chi connectivity index (χ0) is 21.9. The Morgan fingerprint density at radius 1 is 1.20 bits per heavy atom. The van der Waals surface area contributed by atoms with Crippen molar-refractivity contribution in [1.29, 1.82) is 0 Å². The topological polar surface area (TPSA) is 66.7 Å². The summed E-state index contributed by atoms with van der Waals surface area (Å²) in [6.45, 7) is 15.8. The Hall–Kier alpha value is -1.68. The Balaban J connectivity index is 2.14. The molecule has 0 saturated carbocycles. The smallest absolute Gasteiger partial charge is 0.233 e. The van der Waals surface area contributed by atoms with Crippen LogP contribution in [0.4, 0.5) is 0 Å². The van der Waals surface area contributed by atoms with E-state index in [0.717, 1.165) is 56.8 Å². The average molecular weight is 437 g/mol. The van der Waals surface area contributed by atoms with Crippen molar-refractivity contribution in [2.45, 2.75) is 31.1 Å². The summed E-state index contributed by atoms with van der Waals surface area (Å²) in [7, 11) is 4.13. The van der Waals surface area contributed by atoms with Gasteiger partial charge < -0.3 is 14.2 Å². The minimum absolute atomic E-state index is 0.0451. The fraction of sp³-hybridized carbons (Fsp3) is 0.667. The minimum atomic E-state index is 0.0451. The molecule has 1 aliphatic heterocycles. The van der Waals surface area contributed by atoms with E-state index in [1.54, 1.807) is 17.1 Å². The van der Waals surface area contributed by atoms with Gasteiger partial charge in [-0.3, -0.25) is 14.6 Å². The Labute approximate surface area is 184 Å². The van der Waals surface area contributed by atoms with Crippen molar-refractivity contribution in [2.75, 3.05) is 65.8 Å². The van der Waals surface area contributed by atoms with Crippen molar-refractivity contribution < 1.29 is 9.53 Å². The lowest BCUT2D eigenvalue weighted by molar-refractivity contribution is -0.127. The third-order valence-electron chi connectivity index (χ3n) is 5.17. The lowest BCUT2D eigenvalue weighted by Gasteiger charge is -2.28. The molecule has 1 atom stereocenters. The second-order valence-electron chi connectivity index (χ2n) is 7.50. The number of morpholine rings is 1. The van der Waals surface area contributed by atoms with Crippen LogP contribution in [0.15, 0.2) is 30.5 Å². The molecule has 0 radical (unpaired) electrons. The average Bonchev–Trinajstić information content (AvgIpc) is 3.13. The number of nitrogens with zero attached hydrogens (tertiary/aromatic N) is 6. The minimum Gasteiger partial charge on any atom is -0.379 e. The first-order chi connectivity index (χ1) is 14.5. The molecule has 1 aromatic rings. The third-order valence-corrected chi connectivity index (χ3v) is 6.13. The molecule has 9 heteroatoms. The molecule has 0 bridgehead atoms. The molecule has 168 valence electrons. The Bertz CT molecular complexity index is 677. The third kappa shape index (κ3) is 6.94. The molecule has 8 nitrogen and oxygen atoms in total. The summed E-state index contributed by atoms with van der Waals surface area (Å²) in [5, 5.41) is 9.76. The van der Waals surface area contributed by atoms with Crippen molar-refractivity contribution in [1.82, 2.24) is 29.5 Å². The molecule has 0 N–H and O–H groups in total. The van der Waals surface area contributed by atoms with Gasteiger partial charge in [-0.25, -0.2) is 0 Å². The van der Waals surface area contributed by atoms with Crippen LogP contribution >= 0.6 is 11.8 Å². The van der Waals surface area contributed by atoms with E-state index in [1.165, 1.54) is 11.8 Å². The number of carbonyl (C=O) groups is 1. The highest BCUT2D eigenvalue weighted by Crippen LogP contribution is 2.25. The molecule has 0 aliphatic carbocycles. The van der Waals surface area contributed by atoms with Crippen LogP contribution in [0.5, 0.6) is 0 Å². The summed E-state index contributed by atoms with van der Waals surface area (Å²) in [5.74, 6) is 1.32. The Morgan fingerprint density at radius 2 is 1.87 bits per heavy atom. The lowest BCUT2D eigenvalue weighted by Crippen LogP contribution is -2.38. The Kier molecular flexibility index (Phi) is 10.6. The van der Waals surface area contributed by atoms with E-state index in [-0.39, 0.29) is 11.9 Å². The molecule has 2 heterocycles. The summed E-state index contributed by atoms with van der Waals surface area (Å²) < 4.78 is 7.65. The van der Waals surface area contributed by atoms with E-state index in [1.807, 2.05) is 0 Å². The molecular weight excluding hydrogens is 400 g/mol. The van der Waals surface area contributed by atoms with E-state index in [9.17, 15) is 4.79 Å². The van der Waals surface area contributed by atoms with E-state index < -0.39 is 0 Å². The molecule has 0 aromatic carbocycles. The number of aromatic nitrogens is 3. The quantitative estimate of drug-likeness (QED) is 0.346. The largest absolute Gasteiger partial charge is 0.379 e. The van der Waals surface area contributed by atoms with Crippen molar-refractivity contribution in [2.24, 2.45) is 0 Å². The van der Waals surface area contributed by atoms with Crippen LogP contribution in [0.1, 0.15) is 25.2 Å². The highest BCUT2D eigenvalue weighted by atomic mass is 32.2. The van der Waals surface area contributed by atoms with Gasteiger partial charge in [-0.1, -0.05) is 30.8 Å². The van der Waals surface area contributed by atoms with Crippen LogP contribution in [0, 0.1) is 0 Å². The van der Waals surface area contributed by atoms with Crippen LogP contribution in [0.2, 0.25) is 0 Å². The van der Waals surface area contributed by atoms with Gasteiger partial charge in [0.2, 0.25) is 5.91 Å². The maximum absolute atomic E-state index is 12.6. The van der Waals surface area contributed by atoms with Gasteiger partial charge in [-0.05, 0) is 20.5 Å². The normalized spacial score (nSPS) is 15.9. The van der Waals surface area contributed by atoms with E-state index in [4.69, 9.17) is 4.74 Å². The van der Waals surface area contributed by atoms with Gasteiger partial charge in [-0.15, -0.1) is 23.4 Å². The number of hydrogen-bond acceptors (Lipinski definition) is 7. The number of rotatable bonds is 13. The van der Waals surface area contributed by atoms with Gasteiger partial charge in [0.05, 0.1) is 25.0 Å². The van der Waals surface area contributed by atoms with Crippen molar-refractivity contribution in [3.63, 3.8) is 0 Å². The van der Waals surface area contributed by atoms with Gasteiger partial charge >= 0.3 is 0 Å². The molecule has 1 fully saturated rings. The monoisotopic (exact) mass is 436 g/mol. The molecule has 2 rings (SSSR count). The fourth-order valence-electron chi connectivity index (χ4n) is 3.52. The van der Waals surface area contributed by atoms with Crippen LogP contribution < -0.4 is 0 Å². The molecule has 1 aliphatic rings. The molecule has 1 aromatic heterocycles. The van der Waals surface area contributed by atoms with E-state index in [2.05, 4.69) is 58.7 Å². The Morgan fingerprint density at radius 3 is 2.43 bits per heavy atom. The predicted molar refractivity (Wildman–Crippen MR) is 122 cm³/mol. The van der Waals surface area contributed by atoms with Crippen molar-refractivity contribution in [3.05, 3.63) is 31.1 Å². The zero-order valence-electron chi connectivity index (χ0n) is 18.6. The summed E-state index contributed by atoms with van der Waals surface area (Å²) in [6, 6.07) is 0.185. The highest BCUT2D eigenvalue weighted by molar-refractivity contribution is 7.99. The molecular formula is C21H36N6O2S. The van der Waals surface area contributed by atoms with Gasteiger partial charge in [0.15, 0.2) is 11.0 Å². The predicted octanol–water partition coefficient (Wildman–Crippen LogP) is 1.92. The van der Waals surface area contributed by atoms with Gasteiger partial charge in [0.25, 0.3) is 0 Å². The van der Waals surface area contributed by atoms with Crippen molar-refractivity contribution in [3.8, 4) is 0 Å². The van der Waals surface area contributed by atoms with Crippen LogP contribution in [-0.4, -0.2) is 101 Å². The molecule has 1 amide bonds. The molecule has 1 saturated heterocycles. The SMILES string of the molecule is C=CCN(CC=C)C(=O)CSc1nnc(C(CC)N(C)C)n1CCN1CCOCC1. The number of thioether (sulfide) groups is 1. The van der Waals surface area contributed by atoms with Crippen LogP contribution in [0.3, 0.4) is 0 Å². The second kappa shape index (κ2) is 12.9. The maximum Gasteiger partial charge on any atom is 0.233 e. The van der Waals surface area contributed by atoms with Gasteiger partial charge in [0, 0.05) is 39.3 Å². The molecule has 30 heavy (non-hydrogen) atoms. The number of amides is 1. The second-order valence-corrected chi connectivity index (χ2v) is 8.44. The van der Waals surface area contributed by atoms with Crippen LogP contribution in [0.25, 0.3) is 0 Å². The van der Waals surface area contributed by atoms with Crippen molar-refractivity contribution >= 4 is 17.7 Å². The van der Waals surface area contributed by atoms with E-state index in [0.29, 0.717) is 18.8 Å². The summed E-state index contributed by atoms with van der Waals surface area (Å²) >= 11 is 1.45. The van der Waals surface area contributed by atoms with Gasteiger partial charge in [-0.2, -0.15) is 0 Å². The molecule has 0 spiro atoms.